The SMILES string of the molecule is COc1ccc(NC(=O)[C@@H](C)Nc2cc(C)ccc2OC)cc1. The van der Waals surface area contributed by atoms with Crippen molar-refractivity contribution < 1.29 is 14.3 Å². The van der Waals surface area contributed by atoms with Crippen LogP contribution in [0.2, 0.25) is 0 Å². The highest BCUT2D eigenvalue weighted by atomic mass is 16.5. The van der Waals surface area contributed by atoms with Crippen molar-refractivity contribution in [3.8, 4) is 11.5 Å². The van der Waals surface area contributed by atoms with Crippen LogP contribution in [0.1, 0.15) is 12.5 Å². The van der Waals surface area contributed by atoms with Gasteiger partial charge in [-0.25, -0.2) is 0 Å². The van der Waals surface area contributed by atoms with Crippen LogP contribution in [-0.4, -0.2) is 26.2 Å². The third-order valence-electron chi connectivity index (χ3n) is 3.48. The predicted octanol–water partition coefficient (Wildman–Crippen LogP) is 3.45. The van der Waals surface area contributed by atoms with E-state index in [4.69, 9.17) is 9.47 Å². The van der Waals surface area contributed by atoms with E-state index >= 15 is 0 Å². The molecule has 0 aliphatic rings. The Kier molecular flexibility index (Phi) is 5.46. The number of carbonyl (C=O) groups excluding carboxylic acids is 1. The molecule has 2 aromatic rings. The summed E-state index contributed by atoms with van der Waals surface area (Å²) in [5.74, 6) is 1.33. The van der Waals surface area contributed by atoms with Gasteiger partial charge in [-0.2, -0.15) is 0 Å². The van der Waals surface area contributed by atoms with Crippen molar-refractivity contribution in [1.82, 2.24) is 0 Å². The molecule has 0 saturated carbocycles. The smallest absolute Gasteiger partial charge is 0.246 e. The molecular weight excluding hydrogens is 292 g/mol. The molecule has 0 radical (unpaired) electrons. The first kappa shape index (κ1) is 16.7. The maximum absolute atomic E-state index is 12.3. The Balaban J connectivity index is 2.03. The molecule has 2 aromatic carbocycles. The van der Waals surface area contributed by atoms with E-state index in [1.807, 2.05) is 25.1 Å². The number of hydrogen-bond acceptors (Lipinski definition) is 4. The van der Waals surface area contributed by atoms with Crippen LogP contribution < -0.4 is 20.1 Å². The van der Waals surface area contributed by atoms with Crippen molar-refractivity contribution in [2.45, 2.75) is 19.9 Å². The van der Waals surface area contributed by atoms with Crippen LogP contribution in [0.15, 0.2) is 42.5 Å². The van der Waals surface area contributed by atoms with E-state index in [0.29, 0.717) is 5.75 Å². The Bertz CT molecular complexity index is 668. The molecular formula is C18H22N2O3. The zero-order valence-corrected chi connectivity index (χ0v) is 13.8. The van der Waals surface area contributed by atoms with Crippen LogP contribution in [0.3, 0.4) is 0 Å². The standard InChI is InChI=1S/C18H22N2O3/c1-12-5-10-17(23-4)16(11-12)19-13(2)18(21)20-14-6-8-15(22-3)9-7-14/h5-11,13,19H,1-4H3,(H,20,21)/t13-/m1/s1. The summed E-state index contributed by atoms with van der Waals surface area (Å²) in [5.41, 5.74) is 2.61. The Labute approximate surface area is 136 Å². The van der Waals surface area contributed by atoms with E-state index in [1.165, 1.54) is 0 Å². The van der Waals surface area contributed by atoms with Crippen LogP contribution in [-0.2, 0) is 4.79 Å². The largest absolute Gasteiger partial charge is 0.497 e. The van der Waals surface area contributed by atoms with E-state index in [-0.39, 0.29) is 5.91 Å². The fraction of sp³-hybridized carbons (Fsp3) is 0.278. The second-order valence-electron chi connectivity index (χ2n) is 5.29. The van der Waals surface area contributed by atoms with Crippen molar-refractivity contribution in [2.24, 2.45) is 0 Å². The number of rotatable bonds is 6. The quantitative estimate of drug-likeness (QED) is 0.857. The fourth-order valence-corrected chi connectivity index (χ4v) is 2.16. The minimum atomic E-state index is -0.409. The molecule has 0 heterocycles. The summed E-state index contributed by atoms with van der Waals surface area (Å²) in [4.78, 5) is 12.3. The third kappa shape index (κ3) is 4.39. The molecule has 0 fully saturated rings. The number of ether oxygens (including phenoxy) is 2. The Morgan fingerprint density at radius 2 is 1.74 bits per heavy atom. The van der Waals surface area contributed by atoms with Gasteiger partial charge in [-0.3, -0.25) is 4.79 Å². The average molecular weight is 314 g/mol. The molecule has 2 N–H and O–H groups in total. The molecule has 0 spiro atoms. The van der Waals surface area contributed by atoms with Gasteiger partial charge in [-0.05, 0) is 55.8 Å². The molecule has 122 valence electrons. The molecule has 5 heteroatoms. The molecule has 5 nitrogen and oxygen atoms in total. The van der Waals surface area contributed by atoms with Crippen molar-refractivity contribution >= 4 is 17.3 Å². The van der Waals surface area contributed by atoms with Gasteiger partial charge in [-0.15, -0.1) is 0 Å². The number of nitrogens with one attached hydrogen (secondary N) is 2. The summed E-state index contributed by atoms with van der Waals surface area (Å²) in [6, 6.07) is 12.6. The zero-order valence-electron chi connectivity index (χ0n) is 13.8. The molecule has 0 bridgehead atoms. The topological polar surface area (TPSA) is 59.6 Å². The van der Waals surface area contributed by atoms with E-state index in [0.717, 1.165) is 22.7 Å². The molecule has 1 amide bonds. The van der Waals surface area contributed by atoms with Crippen LogP contribution in [0.5, 0.6) is 11.5 Å². The normalized spacial score (nSPS) is 11.5. The molecule has 0 aliphatic heterocycles. The maximum atomic E-state index is 12.3. The first-order chi connectivity index (χ1) is 11.0. The minimum absolute atomic E-state index is 0.126. The Morgan fingerprint density at radius 1 is 1.04 bits per heavy atom. The highest BCUT2D eigenvalue weighted by Crippen LogP contribution is 2.26. The van der Waals surface area contributed by atoms with E-state index in [2.05, 4.69) is 10.6 Å². The third-order valence-corrected chi connectivity index (χ3v) is 3.48. The van der Waals surface area contributed by atoms with Crippen molar-refractivity contribution in [3.63, 3.8) is 0 Å². The number of aryl methyl sites for hydroxylation is 1. The lowest BCUT2D eigenvalue weighted by atomic mass is 10.2. The van der Waals surface area contributed by atoms with E-state index in [1.54, 1.807) is 45.4 Å². The van der Waals surface area contributed by atoms with Gasteiger partial charge in [0.25, 0.3) is 0 Å². The monoisotopic (exact) mass is 314 g/mol. The number of anilines is 2. The Hall–Kier alpha value is -2.69. The second-order valence-corrected chi connectivity index (χ2v) is 5.29. The lowest BCUT2D eigenvalue weighted by molar-refractivity contribution is -0.116. The lowest BCUT2D eigenvalue weighted by Gasteiger charge is -2.18. The molecule has 0 saturated heterocycles. The van der Waals surface area contributed by atoms with Gasteiger partial charge in [0, 0.05) is 5.69 Å². The number of amides is 1. The molecule has 23 heavy (non-hydrogen) atoms. The van der Waals surface area contributed by atoms with Gasteiger partial charge in [0.05, 0.1) is 19.9 Å². The average Bonchev–Trinajstić information content (AvgIpc) is 2.55. The van der Waals surface area contributed by atoms with Gasteiger partial charge < -0.3 is 20.1 Å². The zero-order chi connectivity index (χ0) is 16.8. The second kappa shape index (κ2) is 7.54. The number of methoxy groups -OCH3 is 2. The first-order valence-electron chi connectivity index (χ1n) is 7.39. The fourth-order valence-electron chi connectivity index (χ4n) is 2.16. The molecule has 2 rings (SSSR count). The van der Waals surface area contributed by atoms with Crippen LogP contribution in [0.25, 0.3) is 0 Å². The van der Waals surface area contributed by atoms with Crippen molar-refractivity contribution in [3.05, 3.63) is 48.0 Å². The minimum Gasteiger partial charge on any atom is -0.497 e. The molecule has 0 unspecified atom stereocenters. The highest BCUT2D eigenvalue weighted by Gasteiger charge is 2.15. The summed E-state index contributed by atoms with van der Waals surface area (Å²) in [6.45, 7) is 3.80. The summed E-state index contributed by atoms with van der Waals surface area (Å²) in [7, 11) is 3.22. The van der Waals surface area contributed by atoms with E-state index in [9.17, 15) is 4.79 Å². The number of hydrogen-bond donors (Lipinski definition) is 2. The molecule has 0 aromatic heterocycles. The summed E-state index contributed by atoms with van der Waals surface area (Å²) in [6.07, 6.45) is 0. The summed E-state index contributed by atoms with van der Waals surface area (Å²) in [5, 5.41) is 6.05. The van der Waals surface area contributed by atoms with Gasteiger partial charge >= 0.3 is 0 Å². The Morgan fingerprint density at radius 3 is 2.35 bits per heavy atom. The van der Waals surface area contributed by atoms with Crippen LogP contribution >= 0.6 is 0 Å². The number of carbonyl (C=O) groups is 1. The molecule has 0 aliphatic carbocycles. The van der Waals surface area contributed by atoms with Gasteiger partial charge in [0.15, 0.2) is 0 Å². The van der Waals surface area contributed by atoms with Gasteiger partial charge in [0.2, 0.25) is 5.91 Å². The lowest BCUT2D eigenvalue weighted by Crippen LogP contribution is -2.32. The first-order valence-corrected chi connectivity index (χ1v) is 7.39. The number of benzene rings is 2. The predicted molar refractivity (Wildman–Crippen MR) is 92.4 cm³/mol. The van der Waals surface area contributed by atoms with Crippen LogP contribution in [0, 0.1) is 6.92 Å². The van der Waals surface area contributed by atoms with Crippen molar-refractivity contribution in [1.29, 1.82) is 0 Å². The van der Waals surface area contributed by atoms with E-state index < -0.39 is 6.04 Å². The van der Waals surface area contributed by atoms with Gasteiger partial charge in [0.1, 0.15) is 17.5 Å². The summed E-state index contributed by atoms with van der Waals surface area (Å²) < 4.78 is 10.4. The summed E-state index contributed by atoms with van der Waals surface area (Å²) >= 11 is 0. The van der Waals surface area contributed by atoms with Crippen molar-refractivity contribution in [2.75, 3.05) is 24.9 Å². The molecule has 1 atom stereocenters. The van der Waals surface area contributed by atoms with Crippen LogP contribution in [0.4, 0.5) is 11.4 Å². The maximum Gasteiger partial charge on any atom is 0.246 e. The highest BCUT2D eigenvalue weighted by molar-refractivity contribution is 5.96. The van der Waals surface area contributed by atoms with Gasteiger partial charge in [-0.1, -0.05) is 6.07 Å².